The Morgan fingerprint density at radius 2 is 1.17 bits per heavy atom. The average Bonchev–Trinajstić information content (AvgIpc) is 2.63. The van der Waals surface area contributed by atoms with Gasteiger partial charge in [-0.2, -0.15) is 0 Å². The predicted molar refractivity (Wildman–Crippen MR) is 97.9 cm³/mol. The average molecular weight is 325 g/mol. The van der Waals surface area contributed by atoms with E-state index in [1.165, 1.54) is 89.9 Å². The standard InChI is InChI=1S/C21H40O2/c1-22-18-17-21(23-2,15-13-19-9-5-3-6-10-19)16-14-20-11-7-4-8-12-20/h19-20H,3-18H2,1-2H3. The van der Waals surface area contributed by atoms with Crippen LogP contribution in [0.25, 0.3) is 0 Å². The second kappa shape index (κ2) is 10.7. The van der Waals surface area contributed by atoms with Crippen LogP contribution in [0.1, 0.15) is 96.3 Å². The molecule has 0 saturated heterocycles. The van der Waals surface area contributed by atoms with Gasteiger partial charge in [0.1, 0.15) is 0 Å². The Kier molecular flexibility index (Phi) is 8.97. The zero-order valence-corrected chi connectivity index (χ0v) is 15.8. The number of rotatable bonds is 10. The zero-order valence-electron chi connectivity index (χ0n) is 15.8. The van der Waals surface area contributed by atoms with E-state index in [1.807, 2.05) is 14.2 Å². The summed E-state index contributed by atoms with van der Waals surface area (Å²) >= 11 is 0. The van der Waals surface area contributed by atoms with Gasteiger partial charge in [0.05, 0.1) is 5.60 Å². The van der Waals surface area contributed by atoms with E-state index in [0.717, 1.165) is 24.9 Å². The fourth-order valence-corrected chi connectivity index (χ4v) is 4.86. The molecule has 0 aromatic rings. The first kappa shape index (κ1) is 19.2. The number of hydrogen-bond acceptors (Lipinski definition) is 2. The lowest BCUT2D eigenvalue weighted by Crippen LogP contribution is -2.34. The maximum atomic E-state index is 6.14. The van der Waals surface area contributed by atoms with Crippen LogP contribution in [0.15, 0.2) is 0 Å². The van der Waals surface area contributed by atoms with Gasteiger partial charge in [0.25, 0.3) is 0 Å². The fraction of sp³-hybridized carbons (Fsp3) is 1.00. The van der Waals surface area contributed by atoms with Crippen LogP contribution in [-0.2, 0) is 9.47 Å². The van der Waals surface area contributed by atoms with Crippen molar-refractivity contribution in [3.8, 4) is 0 Å². The van der Waals surface area contributed by atoms with E-state index < -0.39 is 0 Å². The second-order valence-corrected chi connectivity index (χ2v) is 8.22. The lowest BCUT2D eigenvalue weighted by molar-refractivity contribution is -0.0540. The molecule has 23 heavy (non-hydrogen) atoms. The summed E-state index contributed by atoms with van der Waals surface area (Å²) in [7, 11) is 3.76. The molecule has 2 fully saturated rings. The molecule has 0 bridgehead atoms. The molecule has 2 saturated carbocycles. The Hall–Kier alpha value is -0.0800. The molecule has 0 aromatic heterocycles. The largest absolute Gasteiger partial charge is 0.385 e. The van der Waals surface area contributed by atoms with Crippen molar-refractivity contribution in [1.82, 2.24) is 0 Å². The Balaban J connectivity index is 1.83. The van der Waals surface area contributed by atoms with E-state index in [2.05, 4.69) is 0 Å². The highest BCUT2D eigenvalue weighted by molar-refractivity contribution is 4.84. The molecule has 0 unspecified atom stereocenters. The highest BCUT2D eigenvalue weighted by Crippen LogP contribution is 2.37. The van der Waals surface area contributed by atoms with Gasteiger partial charge >= 0.3 is 0 Å². The van der Waals surface area contributed by atoms with Gasteiger partial charge < -0.3 is 9.47 Å². The van der Waals surface area contributed by atoms with Crippen LogP contribution < -0.4 is 0 Å². The molecule has 0 heterocycles. The van der Waals surface area contributed by atoms with Gasteiger partial charge in [0, 0.05) is 20.8 Å². The van der Waals surface area contributed by atoms with Gasteiger partial charge in [-0.3, -0.25) is 0 Å². The van der Waals surface area contributed by atoms with Gasteiger partial charge in [0.15, 0.2) is 0 Å². The third-order valence-electron chi connectivity index (χ3n) is 6.66. The minimum absolute atomic E-state index is 0.0743. The van der Waals surface area contributed by atoms with Gasteiger partial charge in [-0.05, 0) is 43.9 Å². The van der Waals surface area contributed by atoms with E-state index in [4.69, 9.17) is 9.47 Å². The third kappa shape index (κ3) is 6.74. The molecule has 2 rings (SSSR count). The molecule has 0 amide bonds. The van der Waals surface area contributed by atoms with Crippen LogP contribution in [0, 0.1) is 11.8 Å². The van der Waals surface area contributed by atoms with Gasteiger partial charge in [0.2, 0.25) is 0 Å². The molecule has 2 aliphatic carbocycles. The molecule has 0 radical (unpaired) electrons. The first-order chi connectivity index (χ1) is 11.3. The van der Waals surface area contributed by atoms with Crippen molar-refractivity contribution in [2.45, 2.75) is 102 Å². The van der Waals surface area contributed by atoms with E-state index in [1.54, 1.807) is 0 Å². The first-order valence-electron chi connectivity index (χ1n) is 10.3. The summed E-state index contributed by atoms with van der Waals surface area (Å²) in [5, 5.41) is 0. The molecule has 0 aliphatic heterocycles. The van der Waals surface area contributed by atoms with Crippen molar-refractivity contribution in [3.63, 3.8) is 0 Å². The summed E-state index contributed by atoms with van der Waals surface area (Å²) in [5.74, 6) is 1.91. The topological polar surface area (TPSA) is 18.5 Å². The lowest BCUT2D eigenvalue weighted by atomic mass is 9.78. The fourth-order valence-electron chi connectivity index (χ4n) is 4.86. The normalized spacial score (nSPS) is 21.7. The van der Waals surface area contributed by atoms with Crippen molar-refractivity contribution in [2.75, 3.05) is 20.8 Å². The SMILES string of the molecule is COCCC(CCC1CCCCC1)(CCC1CCCCC1)OC. The maximum absolute atomic E-state index is 6.14. The Morgan fingerprint density at radius 3 is 1.57 bits per heavy atom. The molecule has 2 nitrogen and oxygen atoms in total. The van der Waals surface area contributed by atoms with E-state index in [-0.39, 0.29) is 5.60 Å². The Morgan fingerprint density at radius 1 is 0.696 bits per heavy atom. The predicted octanol–water partition coefficient (Wildman–Crippen LogP) is 6.13. The number of methoxy groups -OCH3 is 2. The van der Waals surface area contributed by atoms with Crippen molar-refractivity contribution in [3.05, 3.63) is 0 Å². The number of ether oxygens (including phenoxy) is 2. The van der Waals surface area contributed by atoms with Crippen molar-refractivity contribution >= 4 is 0 Å². The first-order valence-corrected chi connectivity index (χ1v) is 10.3. The van der Waals surface area contributed by atoms with E-state index >= 15 is 0 Å². The van der Waals surface area contributed by atoms with Crippen LogP contribution in [0.2, 0.25) is 0 Å². The molecular weight excluding hydrogens is 284 g/mol. The summed E-state index contributed by atoms with van der Waals surface area (Å²) < 4.78 is 11.5. The molecule has 0 N–H and O–H groups in total. The van der Waals surface area contributed by atoms with Crippen molar-refractivity contribution in [1.29, 1.82) is 0 Å². The molecule has 0 aromatic carbocycles. The lowest BCUT2D eigenvalue weighted by Gasteiger charge is -2.36. The molecule has 0 atom stereocenters. The molecular formula is C21H40O2. The summed E-state index contributed by atoms with van der Waals surface area (Å²) in [6, 6.07) is 0. The smallest absolute Gasteiger partial charge is 0.0700 e. The summed E-state index contributed by atoms with van der Waals surface area (Å²) in [4.78, 5) is 0. The number of hydrogen-bond donors (Lipinski definition) is 0. The van der Waals surface area contributed by atoms with Crippen LogP contribution in [0.3, 0.4) is 0 Å². The summed E-state index contributed by atoms with van der Waals surface area (Å²) in [6.07, 6.45) is 20.8. The van der Waals surface area contributed by atoms with Gasteiger partial charge in [-0.25, -0.2) is 0 Å². The minimum atomic E-state index is 0.0743. The third-order valence-corrected chi connectivity index (χ3v) is 6.66. The monoisotopic (exact) mass is 324 g/mol. The molecule has 2 heteroatoms. The molecule has 0 spiro atoms. The Bertz CT molecular complexity index is 268. The highest BCUT2D eigenvalue weighted by Gasteiger charge is 2.31. The maximum Gasteiger partial charge on any atom is 0.0700 e. The molecule has 136 valence electrons. The quantitative estimate of drug-likeness (QED) is 0.481. The van der Waals surface area contributed by atoms with Crippen LogP contribution in [-0.4, -0.2) is 26.4 Å². The van der Waals surface area contributed by atoms with Crippen LogP contribution >= 0.6 is 0 Å². The van der Waals surface area contributed by atoms with E-state index in [0.29, 0.717) is 0 Å². The molecule has 2 aliphatic rings. The van der Waals surface area contributed by atoms with Crippen LogP contribution in [0.5, 0.6) is 0 Å². The second-order valence-electron chi connectivity index (χ2n) is 8.22. The van der Waals surface area contributed by atoms with Gasteiger partial charge in [-0.1, -0.05) is 64.2 Å². The summed E-state index contributed by atoms with van der Waals surface area (Å²) in [6.45, 7) is 0.836. The minimum Gasteiger partial charge on any atom is -0.385 e. The summed E-state index contributed by atoms with van der Waals surface area (Å²) in [5.41, 5.74) is 0.0743. The van der Waals surface area contributed by atoms with E-state index in [9.17, 15) is 0 Å². The van der Waals surface area contributed by atoms with Crippen LogP contribution in [0.4, 0.5) is 0 Å². The van der Waals surface area contributed by atoms with Gasteiger partial charge in [-0.15, -0.1) is 0 Å². The zero-order chi connectivity index (χ0) is 16.4. The van der Waals surface area contributed by atoms with Crippen molar-refractivity contribution < 1.29 is 9.47 Å². The highest BCUT2D eigenvalue weighted by atomic mass is 16.5. The van der Waals surface area contributed by atoms with Crippen molar-refractivity contribution in [2.24, 2.45) is 11.8 Å². The Labute approximate surface area is 144 Å².